The Hall–Kier alpha value is -2.01. The van der Waals surface area contributed by atoms with Gasteiger partial charge in [0.25, 0.3) is 0 Å². The molecule has 0 atom stereocenters. The highest BCUT2D eigenvalue weighted by Crippen LogP contribution is 2.27. The number of nitrogens with zero attached hydrogens (tertiary/aromatic N) is 4. The number of hydrogen-bond donors (Lipinski definition) is 3. The Morgan fingerprint density at radius 2 is 1.95 bits per heavy atom. The number of rotatable bonds is 4. The highest BCUT2D eigenvalue weighted by atomic mass is 32.1. The van der Waals surface area contributed by atoms with Crippen LogP contribution >= 0.6 is 11.3 Å². The van der Waals surface area contributed by atoms with Gasteiger partial charge in [-0.1, -0.05) is 11.3 Å². The Morgan fingerprint density at radius 1 is 1.25 bits per heavy atom. The van der Waals surface area contributed by atoms with Crippen molar-refractivity contribution >= 4 is 23.0 Å². The predicted molar refractivity (Wildman–Crippen MR) is 64.6 cm³/mol. The number of aromatic nitrogens is 4. The molecule has 11 heteroatoms. The lowest BCUT2D eigenvalue weighted by atomic mass is 10.4. The van der Waals surface area contributed by atoms with E-state index in [-0.39, 0.29) is 24.8 Å². The van der Waals surface area contributed by atoms with Crippen LogP contribution in [-0.2, 0) is 19.3 Å². The Bertz CT molecular complexity index is 602. The van der Waals surface area contributed by atoms with Gasteiger partial charge in [-0.25, -0.2) is 9.97 Å². The second kappa shape index (κ2) is 5.54. The predicted octanol–water partition coefficient (Wildman–Crippen LogP) is 1.03. The van der Waals surface area contributed by atoms with Crippen LogP contribution in [0.5, 0.6) is 0 Å². The summed E-state index contributed by atoms with van der Waals surface area (Å²) >= 11 is 1.13. The molecule has 7 nitrogen and oxygen atoms in total. The third kappa shape index (κ3) is 3.51. The van der Waals surface area contributed by atoms with Gasteiger partial charge in [0, 0.05) is 6.07 Å². The molecule has 20 heavy (non-hydrogen) atoms. The quantitative estimate of drug-likeness (QED) is 0.774. The summed E-state index contributed by atoms with van der Waals surface area (Å²) in [4.78, 5) is 6.45. The summed E-state index contributed by atoms with van der Waals surface area (Å²) in [5, 5.41) is 19.8. The Kier molecular flexibility index (Phi) is 3.99. The lowest BCUT2D eigenvalue weighted by Gasteiger charge is -2.09. The van der Waals surface area contributed by atoms with Crippen LogP contribution in [0.3, 0.4) is 0 Å². The molecule has 108 valence electrons. The average molecular weight is 306 g/mol. The largest absolute Gasteiger partial charge is 0.451 e. The lowest BCUT2D eigenvalue weighted by Crippen LogP contribution is -2.14. The minimum Gasteiger partial charge on any atom is -0.389 e. The van der Waals surface area contributed by atoms with Gasteiger partial charge in [-0.05, 0) is 0 Å². The molecule has 0 bridgehead atoms. The van der Waals surface area contributed by atoms with Crippen LogP contribution in [0.2, 0.25) is 0 Å². The molecule has 0 fully saturated rings. The van der Waals surface area contributed by atoms with Crippen molar-refractivity contribution in [2.45, 2.75) is 19.3 Å². The molecule has 0 radical (unpaired) electrons. The van der Waals surface area contributed by atoms with E-state index in [1.54, 1.807) is 0 Å². The molecule has 0 amide bonds. The minimum absolute atomic E-state index is 0.0643. The highest BCUT2D eigenvalue weighted by molar-refractivity contribution is 7.11. The van der Waals surface area contributed by atoms with Crippen molar-refractivity contribution in [1.82, 2.24) is 20.2 Å². The van der Waals surface area contributed by atoms with Gasteiger partial charge in [0.15, 0.2) is 0 Å². The Morgan fingerprint density at radius 3 is 2.55 bits per heavy atom. The average Bonchev–Trinajstić information content (AvgIpc) is 2.82. The third-order valence-electron chi connectivity index (χ3n) is 2.06. The van der Waals surface area contributed by atoms with Gasteiger partial charge in [-0.15, -0.1) is 10.2 Å². The number of aliphatic hydroxyl groups excluding tert-OH is 1. The number of halogens is 3. The highest BCUT2D eigenvalue weighted by Gasteiger charge is 2.35. The van der Waals surface area contributed by atoms with Crippen molar-refractivity contribution < 1.29 is 18.3 Å². The fraction of sp³-hybridized carbons (Fsp3) is 0.333. The maximum atomic E-state index is 12.5. The molecule has 0 aliphatic rings. The van der Waals surface area contributed by atoms with Gasteiger partial charge in [0.2, 0.25) is 5.82 Å². The van der Waals surface area contributed by atoms with E-state index in [0.717, 1.165) is 11.3 Å². The van der Waals surface area contributed by atoms with E-state index in [1.165, 1.54) is 6.07 Å². The first-order valence-electron chi connectivity index (χ1n) is 5.26. The van der Waals surface area contributed by atoms with Crippen LogP contribution < -0.4 is 11.1 Å². The van der Waals surface area contributed by atoms with Crippen molar-refractivity contribution in [3.05, 3.63) is 21.9 Å². The number of nitrogens with one attached hydrogen (secondary N) is 1. The number of anilines is 2. The molecular weight excluding hydrogens is 297 g/mol. The van der Waals surface area contributed by atoms with Crippen molar-refractivity contribution in [3.8, 4) is 0 Å². The normalized spacial score (nSPS) is 11.6. The molecule has 2 heterocycles. The van der Waals surface area contributed by atoms with Crippen LogP contribution in [0.25, 0.3) is 0 Å². The van der Waals surface area contributed by atoms with Gasteiger partial charge < -0.3 is 16.2 Å². The topological polar surface area (TPSA) is 110 Å². The molecule has 0 aliphatic heterocycles. The fourth-order valence-electron chi connectivity index (χ4n) is 1.27. The number of hydrogen-bond acceptors (Lipinski definition) is 8. The van der Waals surface area contributed by atoms with Crippen LogP contribution in [0.15, 0.2) is 6.07 Å². The fourth-order valence-corrected chi connectivity index (χ4v) is 1.92. The number of nitrogens with two attached hydrogens (primary N) is 1. The van der Waals surface area contributed by atoms with E-state index in [0.29, 0.717) is 10.0 Å². The lowest BCUT2D eigenvalue weighted by molar-refractivity contribution is -0.144. The number of aliphatic hydroxyl groups is 1. The summed E-state index contributed by atoms with van der Waals surface area (Å²) < 4.78 is 37.5. The summed E-state index contributed by atoms with van der Waals surface area (Å²) in [7, 11) is 0. The Labute approximate surface area is 114 Å². The zero-order chi connectivity index (χ0) is 14.8. The van der Waals surface area contributed by atoms with E-state index >= 15 is 0 Å². The van der Waals surface area contributed by atoms with Crippen LogP contribution in [0, 0.1) is 0 Å². The number of alkyl halides is 3. The van der Waals surface area contributed by atoms with Crippen molar-refractivity contribution in [3.63, 3.8) is 0 Å². The molecule has 2 aromatic heterocycles. The van der Waals surface area contributed by atoms with Crippen molar-refractivity contribution in [2.75, 3.05) is 11.1 Å². The number of nitrogen functional groups attached to an aromatic ring is 1. The van der Waals surface area contributed by atoms with E-state index in [9.17, 15) is 13.2 Å². The first kappa shape index (κ1) is 14.4. The van der Waals surface area contributed by atoms with E-state index in [1.807, 2.05) is 0 Å². The molecule has 0 saturated heterocycles. The van der Waals surface area contributed by atoms with E-state index < -0.39 is 12.0 Å². The molecule has 0 saturated carbocycles. The second-order valence-electron chi connectivity index (χ2n) is 3.60. The van der Waals surface area contributed by atoms with Crippen LogP contribution in [0.4, 0.5) is 24.8 Å². The summed E-state index contributed by atoms with van der Waals surface area (Å²) in [5.41, 5.74) is 5.30. The van der Waals surface area contributed by atoms with Gasteiger partial charge in [-0.2, -0.15) is 13.2 Å². The first-order chi connectivity index (χ1) is 9.38. The zero-order valence-corrected chi connectivity index (χ0v) is 10.7. The van der Waals surface area contributed by atoms with E-state index in [4.69, 9.17) is 10.8 Å². The van der Waals surface area contributed by atoms with E-state index in [2.05, 4.69) is 25.5 Å². The molecular formula is C9H9F3N6OS. The SMILES string of the molecule is Nc1cc(NCc2nnc(CO)s2)nc(C(F)(F)F)n1. The van der Waals surface area contributed by atoms with Gasteiger partial charge in [0.1, 0.15) is 21.7 Å². The summed E-state index contributed by atoms with van der Waals surface area (Å²) in [6.45, 7) is -0.123. The summed E-state index contributed by atoms with van der Waals surface area (Å²) in [6, 6.07) is 1.18. The standard InChI is InChI=1S/C9H9F3N6OS/c10-9(11,12)8-15-4(13)1-5(16-8)14-2-6-17-18-7(3-19)20-6/h1,19H,2-3H2,(H3,13,14,15,16). The first-order valence-corrected chi connectivity index (χ1v) is 6.08. The van der Waals surface area contributed by atoms with Gasteiger partial charge in [0.05, 0.1) is 13.2 Å². The van der Waals surface area contributed by atoms with Gasteiger partial charge >= 0.3 is 6.18 Å². The maximum absolute atomic E-state index is 12.5. The molecule has 0 aliphatic carbocycles. The smallest absolute Gasteiger partial charge is 0.389 e. The molecule has 2 aromatic rings. The zero-order valence-electron chi connectivity index (χ0n) is 9.85. The molecule has 0 aromatic carbocycles. The molecule has 0 unspecified atom stereocenters. The Balaban J connectivity index is 2.11. The minimum atomic E-state index is -4.67. The third-order valence-corrected chi connectivity index (χ3v) is 2.97. The molecule has 0 spiro atoms. The summed E-state index contributed by atoms with van der Waals surface area (Å²) in [5.74, 6) is -1.66. The molecule has 2 rings (SSSR count). The van der Waals surface area contributed by atoms with Crippen LogP contribution in [0.1, 0.15) is 15.8 Å². The van der Waals surface area contributed by atoms with Crippen molar-refractivity contribution in [1.29, 1.82) is 0 Å². The monoisotopic (exact) mass is 306 g/mol. The summed E-state index contributed by atoms with van der Waals surface area (Å²) in [6.07, 6.45) is -4.67. The molecule has 4 N–H and O–H groups in total. The maximum Gasteiger partial charge on any atom is 0.451 e. The van der Waals surface area contributed by atoms with Crippen molar-refractivity contribution in [2.24, 2.45) is 0 Å². The second-order valence-corrected chi connectivity index (χ2v) is 4.75. The van der Waals surface area contributed by atoms with Gasteiger partial charge in [-0.3, -0.25) is 0 Å². The van der Waals surface area contributed by atoms with Crippen LogP contribution in [-0.4, -0.2) is 25.3 Å².